The number of hydrogen-bond acceptors (Lipinski definition) is 1. The zero-order valence-electron chi connectivity index (χ0n) is 38.8. The predicted octanol–water partition coefficient (Wildman–Crippen LogP) is 18.2. The highest BCUT2D eigenvalue weighted by Crippen LogP contribution is 2.63. The van der Waals surface area contributed by atoms with E-state index in [0.29, 0.717) is 0 Å². The second kappa shape index (κ2) is 15.4. The van der Waals surface area contributed by atoms with E-state index in [0.717, 1.165) is 22.7 Å². The van der Waals surface area contributed by atoms with Gasteiger partial charge in [-0.25, -0.2) is 0 Å². The van der Waals surface area contributed by atoms with Crippen LogP contribution in [-0.2, 0) is 5.41 Å². The second-order valence-corrected chi connectivity index (χ2v) is 19.2. The van der Waals surface area contributed by atoms with Crippen LogP contribution >= 0.6 is 0 Å². The van der Waals surface area contributed by atoms with Gasteiger partial charge in [0.2, 0.25) is 0 Å². The number of hydrogen-bond donors (Lipinski definition) is 0. The van der Waals surface area contributed by atoms with E-state index in [9.17, 15) is 0 Å². The lowest BCUT2D eigenvalue weighted by Crippen LogP contribution is -2.26. The van der Waals surface area contributed by atoms with Crippen LogP contribution in [0, 0.1) is 0 Å². The molecule has 12 aromatic carbocycles. The molecule has 71 heavy (non-hydrogen) atoms. The number of benzene rings is 12. The van der Waals surface area contributed by atoms with Crippen molar-refractivity contribution in [1.82, 2.24) is 4.57 Å². The summed E-state index contributed by atoms with van der Waals surface area (Å²) in [7, 11) is 0. The lowest BCUT2D eigenvalue weighted by atomic mass is 9.70. The van der Waals surface area contributed by atoms with Gasteiger partial charge in [-0.15, -0.1) is 0 Å². The van der Waals surface area contributed by atoms with E-state index in [1.165, 1.54) is 110 Å². The second-order valence-electron chi connectivity index (χ2n) is 19.2. The number of fused-ring (bicyclic) bond motifs is 16. The van der Waals surface area contributed by atoms with E-state index in [-0.39, 0.29) is 0 Å². The van der Waals surface area contributed by atoms with Gasteiger partial charge in [0, 0.05) is 38.9 Å². The van der Waals surface area contributed by atoms with Gasteiger partial charge in [-0.05, 0) is 138 Å². The van der Waals surface area contributed by atoms with Gasteiger partial charge in [0.15, 0.2) is 0 Å². The van der Waals surface area contributed by atoms with Crippen LogP contribution in [0.3, 0.4) is 0 Å². The first-order valence-corrected chi connectivity index (χ1v) is 24.7. The van der Waals surface area contributed by atoms with E-state index in [1.54, 1.807) is 0 Å². The molecular formula is C69H44N2. The average molecular weight is 901 g/mol. The Bertz CT molecular complexity index is 4200. The summed E-state index contributed by atoms with van der Waals surface area (Å²) in [6.45, 7) is 0. The molecule has 2 nitrogen and oxygen atoms in total. The van der Waals surface area contributed by atoms with Crippen molar-refractivity contribution in [2.45, 2.75) is 5.41 Å². The summed E-state index contributed by atoms with van der Waals surface area (Å²) < 4.78 is 2.45. The Balaban J connectivity index is 0.903. The van der Waals surface area contributed by atoms with Crippen LogP contribution in [0.5, 0.6) is 0 Å². The van der Waals surface area contributed by atoms with Gasteiger partial charge in [-0.3, -0.25) is 0 Å². The molecule has 330 valence electrons. The van der Waals surface area contributed by atoms with Gasteiger partial charge >= 0.3 is 0 Å². The Hall–Kier alpha value is -9.24. The molecule has 0 aliphatic heterocycles. The third-order valence-corrected chi connectivity index (χ3v) is 15.6. The molecule has 0 radical (unpaired) electrons. The maximum Gasteiger partial charge on any atom is 0.0726 e. The fourth-order valence-corrected chi connectivity index (χ4v) is 12.5. The Labute approximate surface area is 412 Å². The molecule has 1 spiro atoms. The summed E-state index contributed by atoms with van der Waals surface area (Å²) >= 11 is 0. The molecular weight excluding hydrogens is 857 g/mol. The highest BCUT2D eigenvalue weighted by Gasteiger charge is 2.51. The molecule has 0 bridgehead atoms. The van der Waals surface area contributed by atoms with Crippen LogP contribution in [0.2, 0.25) is 0 Å². The molecule has 0 amide bonds. The number of rotatable bonds is 6. The topological polar surface area (TPSA) is 8.17 Å². The van der Waals surface area contributed by atoms with E-state index in [1.807, 2.05) is 0 Å². The maximum atomic E-state index is 2.49. The molecule has 13 aromatic rings. The Morgan fingerprint density at radius 2 is 0.775 bits per heavy atom. The molecule has 0 N–H and O–H groups in total. The minimum absolute atomic E-state index is 0.448. The van der Waals surface area contributed by atoms with Crippen molar-refractivity contribution in [3.63, 3.8) is 0 Å². The maximum absolute atomic E-state index is 2.49. The SMILES string of the molecule is c1ccc(-n2c3cc(-c4ccc(N(c5ccc(-c6cccc7ccccc67)cc5)c5ccc6c(c5)C5(c7ccccc7-c7ccccc75)c5ccccc5-6)cc4)ccc3c3ccc4ccccc4c32)cc1. The fourth-order valence-electron chi connectivity index (χ4n) is 12.5. The summed E-state index contributed by atoms with van der Waals surface area (Å²) in [5.41, 5.74) is 21.8. The third-order valence-electron chi connectivity index (χ3n) is 15.6. The smallest absolute Gasteiger partial charge is 0.0726 e. The minimum atomic E-state index is -0.448. The molecule has 0 unspecified atom stereocenters. The first-order chi connectivity index (χ1) is 35.2. The summed E-state index contributed by atoms with van der Waals surface area (Å²) in [6.07, 6.45) is 0. The van der Waals surface area contributed by atoms with Crippen molar-refractivity contribution in [2.75, 3.05) is 4.90 Å². The molecule has 1 heterocycles. The van der Waals surface area contributed by atoms with Gasteiger partial charge < -0.3 is 9.47 Å². The molecule has 0 fully saturated rings. The Morgan fingerprint density at radius 3 is 1.45 bits per heavy atom. The zero-order chi connectivity index (χ0) is 46.6. The van der Waals surface area contributed by atoms with Crippen molar-refractivity contribution < 1.29 is 0 Å². The van der Waals surface area contributed by atoms with E-state index in [4.69, 9.17) is 0 Å². The quantitative estimate of drug-likeness (QED) is 0.161. The number of para-hydroxylation sites is 1. The lowest BCUT2D eigenvalue weighted by Gasteiger charge is -2.32. The van der Waals surface area contributed by atoms with Crippen molar-refractivity contribution in [3.05, 3.63) is 289 Å². The molecule has 2 aliphatic rings. The van der Waals surface area contributed by atoms with Crippen LogP contribution in [0.25, 0.3) is 93.5 Å². The molecule has 15 rings (SSSR count). The normalized spacial score (nSPS) is 12.9. The first-order valence-electron chi connectivity index (χ1n) is 24.7. The summed E-state index contributed by atoms with van der Waals surface area (Å²) in [5.74, 6) is 0. The van der Waals surface area contributed by atoms with Gasteiger partial charge in [0.25, 0.3) is 0 Å². The molecule has 0 saturated heterocycles. The number of nitrogens with zero attached hydrogens (tertiary/aromatic N) is 2. The van der Waals surface area contributed by atoms with Gasteiger partial charge in [-0.1, -0.05) is 212 Å². The van der Waals surface area contributed by atoms with Gasteiger partial charge in [0.1, 0.15) is 0 Å². The molecule has 2 heteroatoms. The van der Waals surface area contributed by atoms with Crippen molar-refractivity contribution in [2.24, 2.45) is 0 Å². The van der Waals surface area contributed by atoms with Gasteiger partial charge in [-0.2, -0.15) is 0 Å². The standard InChI is InChI=1S/C69H44N2/c1-2-18-50(19-3-1)71-67-43-49(34-40-61(67)62-41-33-47-16-5-7-21-56(47)68(62)71)45-29-35-51(36-30-45)70(52-37-31-48(32-38-52)55-25-14-17-46-15-4-6-20-54(46)55)53-39-42-60-59-24-10-13-28-65(59)69(66(60)44-53)63-26-11-8-22-57(63)58-23-9-12-27-64(58)69/h1-44H. The lowest BCUT2D eigenvalue weighted by molar-refractivity contribution is 0.793. The first kappa shape index (κ1) is 39.7. The van der Waals surface area contributed by atoms with Crippen molar-refractivity contribution >= 4 is 60.4 Å². The van der Waals surface area contributed by atoms with E-state index < -0.39 is 5.41 Å². The third kappa shape index (κ3) is 5.77. The highest BCUT2D eigenvalue weighted by molar-refractivity contribution is 6.19. The summed E-state index contributed by atoms with van der Waals surface area (Å²) in [4.78, 5) is 2.45. The van der Waals surface area contributed by atoms with Gasteiger partial charge in [0.05, 0.1) is 16.4 Å². The molecule has 0 saturated carbocycles. The summed E-state index contributed by atoms with van der Waals surface area (Å²) in [5, 5.41) is 7.50. The van der Waals surface area contributed by atoms with E-state index >= 15 is 0 Å². The molecule has 2 aliphatic carbocycles. The largest absolute Gasteiger partial charge is 0.310 e. The zero-order valence-corrected chi connectivity index (χ0v) is 38.8. The molecule has 1 aromatic heterocycles. The average Bonchev–Trinajstić information content (AvgIpc) is 4.06. The van der Waals surface area contributed by atoms with Crippen molar-refractivity contribution in [1.29, 1.82) is 0 Å². The number of anilines is 3. The highest BCUT2D eigenvalue weighted by atomic mass is 15.1. The fraction of sp³-hybridized carbons (Fsp3) is 0.0145. The summed E-state index contributed by atoms with van der Waals surface area (Å²) in [6, 6.07) is 99.1. The minimum Gasteiger partial charge on any atom is -0.310 e. The Morgan fingerprint density at radius 1 is 0.282 bits per heavy atom. The Kier molecular flexibility index (Phi) is 8.61. The molecule has 0 atom stereocenters. The monoisotopic (exact) mass is 900 g/mol. The van der Waals surface area contributed by atoms with Crippen LogP contribution in [0.4, 0.5) is 17.1 Å². The van der Waals surface area contributed by atoms with Crippen LogP contribution in [0.1, 0.15) is 22.3 Å². The van der Waals surface area contributed by atoms with Crippen LogP contribution in [0.15, 0.2) is 267 Å². The van der Waals surface area contributed by atoms with E-state index in [2.05, 4.69) is 276 Å². The predicted molar refractivity (Wildman–Crippen MR) is 298 cm³/mol. The number of aromatic nitrogens is 1. The van der Waals surface area contributed by atoms with Crippen molar-refractivity contribution in [3.8, 4) is 50.2 Å². The van der Waals surface area contributed by atoms with Crippen LogP contribution in [-0.4, -0.2) is 4.57 Å². The van der Waals surface area contributed by atoms with Crippen LogP contribution < -0.4 is 4.90 Å².